The average molecular weight is 243 g/mol. The molecule has 1 aromatic carbocycles. The number of rotatable bonds is 4. The summed E-state index contributed by atoms with van der Waals surface area (Å²) in [5.41, 5.74) is 2.62. The fourth-order valence-electron chi connectivity index (χ4n) is 1.76. The summed E-state index contributed by atoms with van der Waals surface area (Å²) in [6.07, 6.45) is 3.99. The summed E-state index contributed by atoms with van der Waals surface area (Å²) in [6, 6.07) is 10.2. The number of para-hydroxylation sites is 1. The van der Waals surface area contributed by atoms with E-state index in [9.17, 15) is 0 Å². The van der Waals surface area contributed by atoms with Crippen molar-refractivity contribution >= 4 is 0 Å². The van der Waals surface area contributed by atoms with Crippen molar-refractivity contribution in [3.63, 3.8) is 0 Å². The first-order valence-corrected chi connectivity index (χ1v) is 6.34. The molecule has 96 valence electrons. The number of nitrogens with zero attached hydrogens (tertiary/aromatic N) is 2. The van der Waals surface area contributed by atoms with Crippen molar-refractivity contribution in [1.82, 2.24) is 15.1 Å². The molecule has 18 heavy (non-hydrogen) atoms. The molecule has 0 amide bonds. The zero-order valence-corrected chi connectivity index (χ0v) is 11.4. The number of aromatic nitrogens is 2. The Hall–Kier alpha value is -1.61. The monoisotopic (exact) mass is 243 g/mol. The Bertz CT molecular complexity index is 480. The molecule has 0 atom stereocenters. The van der Waals surface area contributed by atoms with Crippen molar-refractivity contribution in [3.05, 3.63) is 48.3 Å². The lowest BCUT2D eigenvalue weighted by Gasteiger charge is -2.18. The Morgan fingerprint density at radius 2 is 1.89 bits per heavy atom. The quantitative estimate of drug-likeness (QED) is 0.894. The molecule has 2 aromatic rings. The molecule has 1 heterocycles. The Kier molecular flexibility index (Phi) is 3.82. The first-order chi connectivity index (χ1) is 8.54. The predicted octanol–water partition coefficient (Wildman–Crippen LogP) is 3.01. The van der Waals surface area contributed by atoms with E-state index >= 15 is 0 Å². The van der Waals surface area contributed by atoms with Crippen molar-refractivity contribution in [2.75, 3.05) is 6.54 Å². The highest BCUT2D eigenvalue weighted by molar-refractivity contribution is 5.30. The Morgan fingerprint density at radius 3 is 2.56 bits per heavy atom. The van der Waals surface area contributed by atoms with Crippen molar-refractivity contribution in [2.24, 2.45) is 5.41 Å². The highest BCUT2D eigenvalue weighted by Gasteiger charge is 2.09. The number of benzene rings is 1. The first-order valence-electron chi connectivity index (χ1n) is 6.34. The Labute approximate surface area is 109 Å². The molecular formula is C15H21N3. The molecule has 0 fully saturated rings. The number of nitrogens with one attached hydrogen (secondary N) is 1. The molecule has 0 saturated heterocycles. The average Bonchev–Trinajstić information content (AvgIpc) is 2.77. The molecule has 0 aliphatic carbocycles. The van der Waals surface area contributed by atoms with Gasteiger partial charge in [-0.3, -0.25) is 0 Å². The van der Waals surface area contributed by atoms with Gasteiger partial charge in [-0.25, -0.2) is 4.68 Å². The van der Waals surface area contributed by atoms with Crippen LogP contribution in [0.25, 0.3) is 5.69 Å². The Morgan fingerprint density at radius 1 is 1.17 bits per heavy atom. The highest BCUT2D eigenvalue weighted by atomic mass is 15.3. The maximum atomic E-state index is 4.38. The van der Waals surface area contributed by atoms with Gasteiger partial charge in [-0.1, -0.05) is 39.0 Å². The SMILES string of the molecule is CC(C)(C)CNCc1cnn(-c2ccccc2)c1. The second-order valence-electron chi connectivity index (χ2n) is 5.79. The normalized spacial score (nSPS) is 11.7. The van der Waals surface area contributed by atoms with Gasteiger partial charge >= 0.3 is 0 Å². The van der Waals surface area contributed by atoms with E-state index in [-0.39, 0.29) is 0 Å². The van der Waals surface area contributed by atoms with E-state index in [4.69, 9.17) is 0 Å². The summed E-state index contributed by atoms with van der Waals surface area (Å²) >= 11 is 0. The first kappa shape index (κ1) is 12.8. The largest absolute Gasteiger partial charge is 0.312 e. The van der Waals surface area contributed by atoms with Gasteiger partial charge in [0.25, 0.3) is 0 Å². The van der Waals surface area contributed by atoms with E-state index < -0.39 is 0 Å². The van der Waals surface area contributed by atoms with Crippen LogP contribution < -0.4 is 5.32 Å². The van der Waals surface area contributed by atoms with Crippen LogP contribution in [0.2, 0.25) is 0 Å². The van der Waals surface area contributed by atoms with Crippen LogP contribution in [0.1, 0.15) is 26.3 Å². The summed E-state index contributed by atoms with van der Waals surface area (Å²) in [7, 11) is 0. The molecular weight excluding hydrogens is 222 g/mol. The molecule has 0 spiro atoms. The molecule has 0 unspecified atom stereocenters. The van der Waals surface area contributed by atoms with E-state index in [1.807, 2.05) is 29.1 Å². The molecule has 1 N–H and O–H groups in total. The standard InChI is InChI=1S/C15H21N3/c1-15(2,3)12-16-9-13-10-17-18(11-13)14-7-5-4-6-8-14/h4-8,10-11,16H,9,12H2,1-3H3. The van der Waals surface area contributed by atoms with E-state index in [1.54, 1.807) is 0 Å². The third kappa shape index (κ3) is 3.70. The van der Waals surface area contributed by atoms with E-state index in [2.05, 4.69) is 49.5 Å². The van der Waals surface area contributed by atoms with Gasteiger partial charge in [0.05, 0.1) is 11.9 Å². The predicted molar refractivity (Wildman–Crippen MR) is 74.7 cm³/mol. The van der Waals surface area contributed by atoms with Crippen LogP contribution in [0.3, 0.4) is 0 Å². The summed E-state index contributed by atoms with van der Waals surface area (Å²) in [5, 5.41) is 7.83. The van der Waals surface area contributed by atoms with Crippen LogP contribution >= 0.6 is 0 Å². The van der Waals surface area contributed by atoms with Crippen molar-refractivity contribution in [2.45, 2.75) is 27.3 Å². The van der Waals surface area contributed by atoms with Gasteiger partial charge in [0.1, 0.15) is 0 Å². The summed E-state index contributed by atoms with van der Waals surface area (Å²) in [6.45, 7) is 8.56. The molecule has 2 rings (SSSR count). The van der Waals surface area contributed by atoms with Gasteiger partial charge in [0.2, 0.25) is 0 Å². The number of hydrogen-bond donors (Lipinski definition) is 1. The van der Waals surface area contributed by atoms with Crippen LogP contribution in [-0.4, -0.2) is 16.3 Å². The minimum atomic E-state index is 0.315. The van der Waals surface area contributed by atoms with Gasteiger partial charge in [-0.05, 0) is 17.5 Å². The fraction of sp³-hybridized carbons (Fsp3) is 0.400. The molecule has 0 aliphatic rings. The molecule has 3 heteroatoms. The lowest BCUT2D eigenvalue weighted by atomic mass is 9.97. The highest BCUT2D eigenvalue weighted by Crippen LogP contribution is 2.11. The van der Waals surface area contributed by atoms with Gasteiger partial charge in [-0.15, -0.1) is 0 Å². The molecule has 3 nitrogen and oxygen atoms in total. The summed E-state index contributed by atoms with van der Waals surface area (Å²) < 4.78 is 1.91. The molecule has 0 saturated carbocycles. The van der Waals surface area contributed by atoms with E-state index in [1.165, 1.54) is 5.56 Å². The van der Waals surface area contributed by atoms with Gasteiger partial charge in [0.15, 0.2) is 0 Å². The minimum absolute atomic E-state index is 0.315. The topological polar surface area (TPSA) is 29.9 Å². The van der Waals surface area contributed by atoms with Crippen molar-refractivity contribution < 1.29 is 0 Å². The third-order valence-electron chi connectivity index (χ3n) is 2.64. The minimum Gasteiger partial charge on any atom is -0.312 e. The molecule has 0 aliphatic heterocycles. The van der Waals surface area contributed by atoms with Gasteiger partial charge in [-0.2, -0.15) is 5.10 Å². The van der Waals surface area contributed by atoms with E-state index in [0.717, 1.165) is 18.8 Å². The number of hydrogen-bond acceptors (Lipinski definition) is 2. The molecule has 1 aromatic heterocycles. The van der Waals surface area contributed by atoms with Crippen molar-refractivity contribution in [1.29, 1.82) is 0 Å². The third-order valence-corrected chi connectivity index (χ3v) is 2.64. The van der Waals surface area contributed by atoms with Crippen LogP contribution in [0.5, 0.6) is 0 Å². The summed E-state index contributed by atoms with van der Waals surface area (Å²) in [5.74, 6) is 0. The smallest absolute Gasteiger partial charge is 0.0645 e. The lowest BCUT2D eigenvalue weighted by Crippen LogP contribution is -2.26. The van der Waals surface area contributed by atoms with Crippen LogP contribution in [0, 0.1) is 5.41 Å². The second-order valence-corrected chi connectivity index (χ2v) is 5.79. The van der Waals surface area contributed by atoms with Crippen LogP contribution in [-0.2, 0) is 6.54 Å². The maximum absolute atomic E-state index is 4.38. The van der Waals surface area contributed by atoms with E-state index in [0.29, 0.717) is 5.41 Å². The van der Waals surface area contributed by atoms with Gasteiger partial charge in [0, 0.05) is 24.8 Å². The summed E-state index contributed by atoms with van der Waals surface area (Å²) in [4.78, 5) is 0. The van der Waals surface area contributed by atoms with Crippen LogP contribution in [0.15, 0.2) is 42.7 Å². The lowest BCUT2D eigenvalue weighted by molar-refractivity contribution is 0.379. The zero-order valence-electron chi connectivity index (χ0n) is 11.4. The fourth-order valence-corrected chi connectivity index (χ4v) is 1.76. The molecule has 0 radical (unpaired) electrons. The Balaban J connectivity index is 1.95. The van der Waals surface area contributed by atoms with Crippen molar-refractivity contribution in [3.8, 4) is 5.69 Å². The zero-order chi connectivity index (χ0) is 13.0. The molecule has 0 bridgehead atoms. The van der Waals surface area contributed by atoms with Crippen LogP contribution in [0.4, 0.5) is 0 Å². The maximum Gasteiger partial charge on any atom is 0.0645 e. The second kappa shape index (κ2) is 5.36. The van der Waals surface area contributed by atoms with Gasteiger partial charge < -0.3 is 5.32 Å².